The van der Waals surface area contributed by atoms with Gasteiger partial charge in [-0.3, -0.25) is 4.90 Å². The van der Waals surface area contributed by atoms with Crippen LogP contribution >= 0.6 is 0 Å². The van der Waals surface area contributed by atoms with Gasteiger partial charge in [-0.05, 0) is 37.8 Å². The number of likely N-dealkylation sites (tertiary alicyclic amines) is 1. The van der Waals surface area contributed by atoms with Crippen molar-refractivity contribution in [2.75, 3.05) is 19.7 Å². The number of piperidine rings is 1. The molecule has 0 amide bonds. The molecule has 3 nitrogen and oxygen atoms in total. The summed E-state index contributed by atoms with van der Waals surface area (Å²) in [5.41, 5.74) is 1.92. The van der Waals surface area contributed by atoms with E-state index in [0.29, 0.717) is 6.61 Å². The number of fused-ring (bicyclic) bond motifs is 1. The monoisotopic (exact) mass is 391 g/mol. The molecule has 1 heterocycles. The first kappa shape index (κ1) is 20.2. The number of para-hydroxylation sites is 1. The van der Waals surface area contributed by atoms with Crippen molar-refractivity contribution in [1.82, 2.24) is 4.90 Å². The van der Waals surface area contributed by atoms with Crippen molar-refractivity contribution in [3.8, 4) is 5.75 Å². The normalized spacial score (nSPS) is 27.7. The van der Waals surface area contributed by atoms with Crippen LogP contribution in [0.5, 0.6) is 5.75 Å². The van der Waals surface area contributed by atoms with Crippen molar-refractivity contribution in [1.29, 1.82) is 0 Å². The minimum absolute atomic E-state index is 0.192. The summed E-state index contributed by atoms with van der Waals surface area (Å²) in [5, 5.41) is 11.5. The highest BCUT2D eigenvalue weighted by molar-refractivity contribution is 5.49. The highest BCUT2D eigenvalue weighted by atomic mass is 16.5. The van der Waals surface area contributed by atoms with Crippen molar-refractivity contribution >= 4 is 6.08 Å². The predicted molar refractivity (Wildman–Crippen MR) is 119 cm³/mol. The fraction of sp³-hybridized carbons (Fsp3) is 0.462. The SMILES string of the molecule is CCOc1ccccc1C1C2CCCCC2(O)CCN1C/C=C/c1ccccc1. The molecule has 1 saturated heterocycles. The Morgan fingerprint density at radius 2 is 1.86 bits per heavy atom. The van der Waals surface area contributed by atoms with Gasteiger partial charge in [0, 0.05) is 30.6 Å². The van der Waals surface area contributed by atoms with Crippen LogP contribution in [0.2, 0.25) is 0 Å². The van der Waals surface area contributed by atoms with Crippen LogP contribution in [-0.4, -0.2) is 35.3 Å². The molecule has 3 atom stereocenters. The summed E-state index contributed by atoms with van der Waals surface area (Å²) in [6.07, 6.45) is 9.68. The van der Waals surface area contributed by atoms with Crippen molar-refractivity contribution in [3.05, 3.63) is 71.8 Å². The topological polar surface area (TPSA) is 32.7 Å². The molecule has 0 radical (unpaired) electrons. The second-order valence-corrected chi connectivity index (χ2v) is 8.43. The average molecular weight is 392 g/mol. The van der Waals surface area contributed by atoms with Crippen LogP contribution in [0.15, 0.2) is 60.7 Å². The van der Waals surface area contributed by atoms with Gasteiger partial charge < -0.3 is 9.84 Å². The lowest BCUT2D eigenvalue weighted by Gasteiger charge is -2.52. The van der Waals surface area contributed by atoms with Gasteiger partial charge in [-0.1, -0.05) is 73.5 Å². The molecule has 1 N–H and O–H groups in total. The zero-order valence-electron chi connectivity index (χ0n) is 17.5. The average Bonchev–Trinajstić information content (AvgIpc) is 2.75. The lowest BCUT2D eigenvalue weighted by atomic mass is 9.66. The number of hydrogen-bond donors (Lipinski definition) is 1. The number of aliphatic hydroxyl groups is 1. The molecule has 0 spiro atoms. The van der Waals surface area contributed by atoms with Gasteiger partial charge in [0.05, 0.1) is 12.2 Å². The molecule has 2 fully saturated rings. The van der Waals surface area contributed by atoms with E-state index < -0.39 is 5.60 Å². The van der Waals surface area contributed by atoms with E-state index in [9.17, 15) is 5.11 Å². The predicted octanol–water partition coefficient (Wildman–Crippen LogP) is 5.47. The van der Waals surface area contributed by atoms with Crippen molar-refractivity contribution in [2.24, 2.45) is 5.92 Å². The fourth-order valence-electron chi connectivity index (χ4n) is 5.26. The highest BCUT2D eigenvalue weighted by Gasteiger charge is 2.49. The quantitative estimate of drug-likeness (QED) is 0.709. The van der Waals surface area contributed by atoms with Crippen LogP contribution in [0, 0.1) is 5.92 Å². The third kappa shape index (κ3) is 4.41. The third-order valence-electron chi connectivity index (χ3n) is 6.66. The maximum Gasteiger partial charge on any atom is 0.124 e. The number of rotatable bonds is 6. The first-order valence-corrected chi connectivity index (χ1v) is 11.1. The summed E-state index contributed by atoms with van der Waals surface area (Å²) in [7, 11) is 0. The van der Waals surface area contributed by atoms with E-state index >= 15 is 0 Å². The maximum atomic E-state index is 11.5. The Hall–Kier alpha value is -2.10. The van der Waals surface area contributed by atoms with Gasteiger partial charge in [-0.15, -0.1) is 0 Å². The van der Waals surface area contributed by atoms with Gasteiger partial charge in [-0.2, -0.15) is 0 Å². The minimum Gasteiger partial charge on any atom is -0.494 e. The summed E-state index contributed by atoms with van der Waals surface area (Å²) >= 11 is 0. The molecule has 1 aliphatic carbocycles. The Labute approximate surface area is 175 Å². The van der Waals surface area contributed by atoms with E-state index in [0.717, 1.165) is 44.5 Å². The largest absolute Gasteiger partial charge is 0.494 e. The Morgan fingerprint density at radius 3 is 2.69 bits per heavy atom. The Bertz CT molecular complexity index is 818. The summed E-state index contributed by atoms with van der Waals surface area (Å²) in [4.78, 5) is 2.54. The van der Waals surface area contributed by atoms with E-state index in [2.05, 4.69) is 59.5 Å². The van der Waals surface area contributed by atoms with Gasteiger partial charge in [-0.25, -0.2) is 0 Å². The van der Waals surface area contributed by atoms with Gasteiger partial charge in [0.25, 0.3) is 0 Å². The van der Waals surface area contributed by atoms with E-state index in [-0.39, 0.29) is 12.0 Å². The number of ether oxygens (including phenoxy) is 1. The summed E-state index contributed by atoms with van der Waals surface area (Å²) < 4.78 is 6.00. The molecule has 4 rings (SSSR count). The molecule has 1 aliphatic heterocycles. The standard InChI is InChI=1S/C26H33NO2/c1-2-29-24-16-7-6-14-22(24)25-23-15-8-9-17-26(23,28)18-20-27(25)19-10-13-21-11-4-3-5-12-21/h3-7,10-14,16,23,25,28H,2,8-9,15,17-20H2,1H3/b13-10+. The number of hydrogen-bond acceptors (Lipinski definition) is 3. The van der Waals surface area contributed by atoms with Crippen molar-refractivity contribution in [3.63, 3.8) is 0 Å². The molecule has 2 aliphatic rings. The Kier molecular flexibility index (Phi) is 6.37. The molecule has 1 saturated carbocycles. The van der Waals surface area contributed by atoms with Crippen LogP contribution in [0.4, 0.5) is 0 Å². The molecule has 2 aromatic carbocycles. The van der Waals surface area contributed by atoms with Crippen molar-refractivity contribution < 1.29 is 9.84 Å². The fourth-order valence-corrected chi connectivity index (χ4v) is 5.26. The van der Waals surface area contributed by atoms with E-state index in [4.69, 9.17) is 4.74 Å². The summed E-state index contributed by atoms with van der Waals surface area (Å²) in [5.74, 6) is 1.23. The zero-order chi connectivity index (χ0) is 20.1. The number of benzene rings is 2. The smallest absolute Gasteiger partial charge is 0.124 e. The molecule has 29 heavy (non-hydrogen) atoms. The Balaban J connectivity index is 1.63. The van der Waals surface area contributed by atoms with Crippen molar-refractivity contribution in [2.45, 2.75) is 50.7 Å². The first-order chi connectivity index (χ1) is 14.2. The van der Waals surface area contributed by atoms with Gasteiger partial charge in [0.2, 0.25) is 0 Å². The van der Waals surface area contributed by atoms with E-state index in [1.165, 1.54) is 17.5 Å². The highest BCUT2D eigenvalue weighted by Crippen LogP contribution is 2.50. The van der Waals surface area contributed by atoms with Crippen LogP contribution in [-0.2, 0) is 0 Å². The second kappa shape index (κ2) is 9.15. The zero-order valence-corrected chi connectivity index (χ0v) is 17.5. The molecule has 2 aromatic rings. The Morgan fingerprint density at radius 1 is 1.07 bits per heavy atom. The lowest BCUT2D eigenvalue weighted by Crippen LogP contribution is -2.54. The summed E-state index contributed by atoms with van der Waals surface area (Å²) in [6.45, 7) is 4.49. The second-order valence-electron chi connectivity index (χ2n) is 8.43. The first-order valence-electron chi connectivity index (χ1n) is 11.1. The molecular weight excluding hydrogens is 358 g/mol. The minimum atomic E-state index is -0.540. The lowest BCUT2D eigenvalue weighted by molar-refractivity contribution is -0.122. The van der Waals surface area contributed by atoms with Crippen LogP contribution in [0.3, 0.4) is 0 Å². The molecule has 3 heteroatoms. The third-order valence-corrected chi connectivity index (χ3v) is 6.66. The molecule has 154 valence electrons. The van der Waals surface area contributed by atoms with Gasteiger partial charge in [0.1, 0.15) is 5.75 Å². The molecule has 0 aromatic heterocycles. The maximum absolute atomic E-state index is 11.5. The summed E-state index contributed by atoms with van der Waals surface area (Å²) in [6, 6.07) is 19.1. The van der Waals surface area contributed by atoms with Crippen LogP contribution < -0.4 is 4.74 Å². The molecule has 0 bridgehead atoms. The molecular formula is C26H33NO2. The van der Waals surface area contributed by atoms with E-state index in [1.807, 2.05) is 19.1 Å². The van der Waals surface area contributed by atoms with Crippen LogP contribution in [0.1, 0.15) is 56.2 Å². The number of nitrogens with zero attached hydrogens (tertiary/aromatic N) is 1. The molecule has 3 unspecified atom stereocenters. The van der Waals surface area contributed by atoms with Gasteiger partial charge in [0.15, 0.2) is 0 Å². The van der Waals surface area contributed by atoms with E-state index in [1.54, 1.807) is 0 Å². The van der Waals surface area contributed by atoms with Gasteiger partial charge >= 0.3 is 0 Å². The van der Waals surface area contributed by atoms with Crippen LogP contribution in [0.25, 0.3) is 6.08 Å².